The predicted molar refractivity (Wildman–Crippen MR) is 125 cm³/mol. The van der Waals surface area contributed by atoms with Gasteiger partial charge in [0.05, 0.1) is 6.04 Å². The quantitative estimate of drug-likeness (QED) is 0.648. The molecule has 6 nitrogen and oxygen atoms in total. The highest BCUT2D eigenvalue weighted by Gasteiger charge is 2.34. The summed E-state index contributed by atoms with van der Waals surface area (Å²) in [6, 6.07) is 10.0. The van der Waals surface area contributed by atoms with E-state index in [-0.39, 0.29) is 17.9 Å². The Hall–Kier alpha value is -2.76. The Bertz CT molecular complexity index is 973. The largest absolute Gasteiger partial charge is 0.332 e. The van der Waals surface area contributed by atoms with E-state index >= 15 is 0 Å². The molecule has 0 N–H and O–H groups in total. The van der Waals surface area contributed by atoms with E-state index in [9.17, 15) is 9.59 Å². The minimum atomic E-state index is -0.105. The summed E-state index contributed by atoms with van der Waals surface area (Å²) in [5.74, 6) is 2.28. The second kappa shape index (κ2) is 9.80. The number of benzene rings is 1. The first-order chi connectivity index (χ1) is 15.4. The van der Waals surface area contributed by atoms with Gasteiger partial charge in [-0.15, -0.1) is 0 Å². The van der Waals surface area contributed by atoms with Gasteiger partial charge in [-0.25, -0.2) is 9.97 Å². The van der Waals surface area contributed by atoms with Crippen molar-refractivity contribution < 1.29 is 9.59 Å². The normalized spacial score (nSPS) is 18.4. The summed E-state index contributed by atoms with van der Waals surface area (Å²) in [6.45, 7) is 7.78. The van der Waals surface area contributed by atoms with E-state index in [4.69, 9.17) is 9.97 Å². The first kappa shape index (κ1) is 22.4. The smallest absolute Gasteiger partial charge is 0.228 e. The van der Waals surface area contributed by atoms with Gasteiger partial charge in [0.2, 0.25) is 11.8 Å². The first-order valence-corrected chi connectivity index (χ1v) is 11.9. The van der Waals surface area contributed by atoms with Gasteiger partial charge < -0.3 is 4.90 Å². The number of aromatic nitrogens is 2. The number of anilines is 1. The molecule has 1 aromatic heterocycles. The number of hydrogen-bond donors (Lipinski definition) is 0. The first-order valence-electron chi connectivity index (χ1n) is 11.9. The maximum atomic E-state index is 13.1. The van der Waals surface area contributed by atoms with Crippen LogP contribution in [0.2, 0.25) is 0 Å². The van der Waals surface area contributed by atoms with E-state index in [0.717, 1.165) is 49.3 Å². The topological polar surface area (TPSA) is 66.4 Å². The average Bonchev–Trinajstić information content (AvgIpc) is 3.27. The number of fused-ring (bicyclic) bond motifs is 1. The molecular formula is C26H34N4O2. The summed E-state index contributed by atoms with van der Waals surface area (Å²) in [6.07, 6.45) is 5.21. The number of nitrogens with zero attached hydrogens (tertiary/aromatic N) is 4. The Morgan fingerprint density at radius 1 is 1.16 bits per heavy atom. The van der Waals surface area contributed by atoms with E-state index in [2.05, 4.69) is 26.0 Å². The zero-order chi connectivity index (χ0) is 22.7. The predicted octanol–water partition coefficient (Wildman–Crippen LogP) is 4.41. The Kier molecular flexibility index (Phi) is 6.87. The van der Waals surface area contributed by atoms with Gasteiger partial charge in [-0.2, -0.15) is 0 Å². The summed E-state index contributed by atoms with van der Waals surface area (Å²) in [4.78, 5) is 39.3. The summed E-state index contributed by atoms with van der Waals surface area (Å²) in [5.41, 5.74) is 3.20. The summed E-state index contributed by atoms with van der Waals surface area (Å²) in [7, 11) is 0. The number of amides is 2. The fraction of sp³-hybridized carbons (Fsp3) is 0.538. The van der Waals surface area contributed by atoms with Gasteiger partial charge in [-0.05, 0) is 50.5 Å². The van der Waals surface area contributed by atoms with Crippen LogP contribution in [0.1, 0.15) is 74.6 Å². The van der Waals surface area contributed by atoms with Crippen LogP contribution in [0.3, 0.4) is 0 Å². The second-order valence-corrected chi connectivity index (χ2v) is 9.43. The fourth-order valence-corrected chi connectivity index (χ4v) is 4.74. The third-order valence-corrected chi connectivity index (χ3v) is 6.63. The molecule has 1 aromatic carbocycles. The molecule has 4 rings (SSSR count). The summed E-state index contributed by atoms with van der Waals surface area (Å²) in [5, 5.41) is 0. The van der Waals surface area contributed by atoms with Crippen molar-refractivity contribution in [3.63, 3.8) is 0 Å². The van der Waals surface area contributed by atoms with Crippen molar-refractivity contribution in [1.82, 2.24) is 14.9 Å². The van der Waals surface area contributed by atoms with Gasteiger partial charge in [-0.1, -0.05) is 44.2 Å². The molecule has 32 heavy (non-hydrogen) atoms. The molecule has 2 aliphatic rings. The van der Waals surface area contributed by atoms with E-state index in [1.807, 2.05) is 34.9 Å². The van der Waals surface area contributed by atoms with Crippen LogP contribution >= 0.6 is 0 Å². The van der Waals surface area contributed by atoms with Crippen LogP contribution in [0.25, 0.3) is 0 Å². The average molecular weight is 435 g/mol. The SMILES string of the molecule is Cc1nc([C@H]2CCCN2C(=O)CCc2ccccc2)nc2c1CCC(=O)N2CCC(C)C. The molecule has 1 saturated heterocycles. The van der Waals surface area contributed by atoms with Crippen LogP contribution in [0, 0.1) is 12.8 Å². The number of rotatable bonds is 7. The van der Waals surface area contributed by atoms with Crippen LogP contribution in [0.15, 0.2) is 30.3 Å². The van der Waals surface area contributed by atoms with Crippen molar-refractivity contribution in [2.75, 3.05) is 18.0 Å². The zero-order valence-electron chi connectivity index (χ0n) is 19.5. The molecule has 3 heterocycles. The van der Waals surface area contributed by atoms with E-state index < -0.39 is 0 Å². The summed E-state index contributed by atoms with van der Waals surface area (Å²) >= 11 is 0. The molecule has 0 saturated carbocycles. The molecule has 1 atom stereocenters. The van der Waals surface area contributed by atoms with Crippen LogP contribution in [0.5, 0.6) is 0 Å². The van der Waals surface area contributed by atoms with Gasteiger partial charge in [-0.3, -0.25) is 14.5 Å². The van der Waals surface area contributed by atoms with Gasteiger partial charge in [0, 0.05) is 37.2 Å². The molecule has 0 bridgehead atoms. The van der Waals surface area contributed by atoms with E-state index in [1.54, 1.807) is 0 Å². The Balaban J connectivity index is 1.55. The highest BCUT2D eigenvalue weighted by Crippen LogP contribution is 2.35. The second-order valence-electron chi connectivity index (χ2n) is 9.43. The lowest BCUT2D eigenvalue weighted by molar-refractivity contribution is -0.132. The number of hydrogen-bond acceptors (Lipinski definition) is 4. The van der Waals surface area contributed by atoms with Gasteiger partial charge >= 0.3 is 0 Å². The number of carbonyl (C=O) groups is 2. The molecule has 0 radical (unpaired) electrons. The van der Waals surface area contributed by atoms with Crippen molar-refractivity contribution >= 4 is 17.6 Å². The molecular weight excluding hydrogens is 400 g/mol. The van der Waals surface area contributed by atoms with Gasteiger partial charge in [0.1, 0.15) is 5.82 Å². The lowest BCUT2D eigenvalue weighted by atomic mass is 10.0. The molecule has 2 amide bonds. The summed E-state index contributed by atoms with van der Waals surface area (Å²) < 4.78 is 0. The minimum absolute atomic E-state index is 0.105. The van der Waals surface area contributed by atoms with Crippen LogP contribution in [0.4, 0.5) is 5.82 Å². The number of likely N-dealkylation sites (tertiary alicyclic amines) is 1. The molecule has 2 aliphatic heterocycles. The lowest BCUT2D eigenvalue weighted by Gasteiger charge is -2.31. The monoisotopic (exact) mass is 434 g/mol. The van der Waals surface area contributed by atoms with Crippen molar-refractivity contribution in [1.29, 1.82) is 0 Å². The maximum absolute atomic E-state index is 13.1. The molecule has 1 fully saturated rings. The number of carbonyl (C=O) groups excluding carboxylic acids is 2. The van der Waals surface area contributed by atoms with Crippen LogP contribution in [-0.4, -0.2) is 39.8 Å². The Morgan fingerprint density at radius 2 is 1.94 bits per heavy atom. The molecule has 2 aromatic rings. The van der Waals surface area contributed by atoms with E-state index in [1.165, 1.54) is 5.56 Å². The Labute approximate surface area is 191 Å². The molecule has 170 valence electrons. The van der Waals surface area contributed by atoms with Crippen LogP contribution in [-0.2, 0) is 22.4 Å². The third-order valence-electron chi connectivity index (χ3n) is 6.63. The van der Waals surface area contributed by atoms with Crippen molar-refractivity contribution in [2.45, 2.75) is 71.8 Å². The third kappa shape index (κ3) is 4.84. The molecule has 0 unspecified atom stereocenters. The fourth-order valence-electron chi connectivity index (χ4n) is 4.74. The van der Waals surface area contributed by atoms with Crippen LogP contribution < -0.4 is 4.90 Å². The lowest BCUT2D eigenvalue weighted by Crippen LogP contribution is -2.38. The van der Waals surface area contributed by atoms with Crippen molar-refractivity contribution in [2.24, 2.45) is 5.92 Å². The highest BCUT2D eigenvalue weighted by molar-refractivity contribution is 5.95. The minimum Gasteiger partial charge on any atom is -0.332 e. The molecule has 6 heteroatoms. The number of aryl methyl sites for hydroxylation is 2. The van der Waals surface area contributed by atoms with Crippen molar-refractivity contribution in [3.05, 3.63) is 53.0 Å². The van der Waals surface area contributed by atoms with Crippen molar-refractivity contribution in [3.8, 4) is 0 Å². The molecule has 0 aliphatic carbocycles. The molecule has 0 spiro atoms. The van der Waals surface area contributed by atoms with Gasteiger partial charge in [0.15, 0.2) is 5.82 Å². The highest BCUT2D eigenvalue weighted by atomic mass is 16.2. The Morgan fingerprint density at radius 3 is 2.69 bits per heavy atom. The maximum Gasteiger partial charge on any atom is 0.228 e. The van der Waals surface area contributed by atoms with Gasteiger partial charge in [0.25, 0.3) is 0 Å². The van der Waals surface area contributed by atoms with E-state index in [0.29, 0.717) is 37.5 Å². The standard InChI is InChI=1S/C26H34N4O2/c1-18(2)15-17-30-24(32)14-12-21-19(3)27-25(28-26(21)30)22-10-7-16-29(22)23(31)13-11-20-8-5-4-6-9-20/h4-6,8-9,18,22H,7,10-17H2,1-3H3/t22-/m1/s1. The zero-order valence-corrected chi connectivity index (χ0v) is 19.5.